The van der Waals surface area contributed by atoms with Crippen molar-refractivity contribution in [3.05, 3.63) is 11.8 Å². The monoisotopic (exact) mass is 276 g/mol. The van der Waals surface area contributed by atoms with Gasteiger partial charge in [-0.2, -0.15) is 4.89 Å². The van der Waals surface area contributed by atoms with Crippen LogP contribution in [0, 0.1) is 0 Å². The largest absolute Gasteiger partial charge is 0.505 e. The molecule has 0 bridgehead atoms. The number of rotatable bonds is 10. The number of carbonyl (C=O) groups excluding carboxylic acids is 1. The summed E-state index contributed by atoms with van der Waals surface area (Å²) in [6, 6.07) is 0. The fourth-order valence-corrected chi connectivity index (χ4v) is 0.991. The zero-order chi connectivity index (χ0) is 14.5. The molecular weight excluding hydrogens is 256 g/mol. The molecule has 0 atom stereocenters. The fraction of sp³-hybridized carbons (Fsp3) is 0.667. The first-order valence-electron chi connectivity index (χ1n) is 6.05. The molecule has 0 aliphatic rings. The Hall–Kier alpha value is -1.76. The highest BCUT2D eigenvalue weighted by atomic mass is 17.2. The maximum Gasteiger partial charge on any atom is 0.505 e. The fourth-order valence-electron chi connectivity index (χ4n) is 0.991. The summed E-state index contributed by atoms with van der Waals surface area (Å²) in [5.74, 6) is -0.619. The van der Waals surface area contributed by atoms with E-state index in [0.29, 0.717) is 6.61 Å². The number of hydrogen-bond acceptors (Lipinski definition) is 6. The Morgan fingerprint density at radius 1 is 1.11 bits per heavy atom. The summed E-state index contributed by atoms with van der Waals surface area (Å²) < 4.78 is 8.89. The number of hydrogen-bond donors (Lipinski definition) is 1. The molecule has 0 aliphatic carbocycles. The molecule has 0 amide bonds. The smallest absolute Gasteiger partial charge is 0.459 e. The zero-order valence-corrected chi connectivity index (χ0v) is 11.2. The van der Waals surface area contributed by atoms with Crippen LogP contribution in [-0.4, -0.2) is 37.1 Å². The van der Waals surface area contributed by atoms with Crippen molar-refractivity contribution in [3.8, 4) is 0 Å². The molecule has 0 radical (unpaired) electrons. The average molecular weight is 276 g/mol. The molecule has 0 aliphatic heterocycles. The predicted octanol–water partition coefficient (Wildman–Crippen LogP) is 2.27. The van der Waals surface area contributed by atoms with Crippen molar-refractivity contribution in [2.24, 2.45) is 0 Å². The minimum atomic E-state index is -1.41. The number of unbranched alkanes of at least 4 members (excludes halogenated alkanes) is 2. The van der Waals surface area contributed by atoms with Crippen LogP contribution < -0.4 is 0 Å². The molecule has 7 heteroatoms. The summed E-state index contributed by atoms with van der Waals surface area (Å²) in [5.41, 5.74) is 0.214. The highest BCUT2D eigenvalue weighted by molar-refractivity contribution is 5.87. The summed E-state index contributed by atoms with van der Waals surface area (Å²) in [6.07, 6.45) is 2.76. The Kier molecular flexibility index (Phi) is 10.3. The quantitative estimate of drug-likeness (QED) is 0.163. The van der Waals surface area contributed by atoms with Gasteiger partial charge in [-0.3, -0.25) is 0 Å². The van der Waals surface area contributed by atoms with Gasteiger partial charge in [0, 0.05) is 0 Å². The maximum atomic E-state index is 11.3. The van der Waals surface area contributed by atoms with Gasteiger partial charge in [-0.05, 0) is 13.3 Å². The van der Waals surface area contributed by atoms with Crippen molar-refractivity contribution in [3.63, 3.8) is 0 Å². The highest BCUT2D eigenvalue weighted by Crippen LogP contribution is 1.99. The van der Waals surface area contributed by atoms with Gasteiger partial charge in [-0.25, -0.2) is 9.59 Å². The molecule has 0 aromatic carbocycles. The molecule has 1 N–H and O–H groups in total. The van der Waals surface area contributed by atoms with Crippen LogP contribution in [0.15, 0.2) is 11.8 Å². The van der Waals surface area contributed by atoms with Gasteiger partial charge in [-0.1, -0.05) is 19.8 Å². The van der Waals surface area contributed by atoms with Crippen molar-refractivity contribution in [2.45, 2.75) is 33.1 Å². The number of carboxylic acid groups (broad SMARTS) is 1. The second kappa shape index (κ2) is 11.3. The first kappa shape index (κ1) is 17.2. The molecule has 0 aromatic heterocycles. The Bertz CT molecular complexity index is 298. The molecule has 0 heterocycles. The molecular formula is C12H20O7. The van der Waals surface area contributed by atoms with Crippen LogP contribution in [0.2, 0.25) is 0 Å². The molecule has 0 fully saturated rings. The lowest BCUT2D eigenvalue weighted by Gasteiger charge is -2.05. The van der Waals surface area contributed by atoms with Crippen molar-refractivity contribution in [2.75, 3.05) is 19.8 Å². The zero-order valence-electron chi connectivity index (χ0n) is 11.2. The SMILES string of the molecule is CCCCCOOC=C(C)C(=O)OCCOC(=O)O. The van der Waals surface area contributed by atoms with Crippen LogP contribution in [0.3, 0.4) is 0 Å². The summed E-state index contributed by atoms with van der Waals surface area (Å²) in [6.45, 7) is 3.68. The van der Waals surface area contributed by atoms with Crippen LogP contribution in [0.1, 0.15) is 33.1 Å². The number of ether oxygens (including phenoxy) is 2. The van der Waals surface area contributed by atoms with E-state index in [2.05, 4.69) is 11.7 Å². The Morgan fingerprint density at radius 2 is 1.79 bits per heavy atom. The minimum Gasteiger partial charge on any atom is -0.459 e. The van der Waals surface area contributed by atoms with Gasteiger partial charge in [0.15, 0.2) is 0 Å². The van der Waals surface area contributed by atoms with E-state index in [1.807, 2.05) is 0 Å². The molecule has 0 spiro atoms. The van der Waals surface area contributed by atoms with E-state index in [0.717, 1.165) is 25.5 Å². The Labute approximate surface area is 112 Å². The van der Waals surface area contributed by atoms with Crippen LogP contribution in [0.25, 0.3) is 0 Å². The van der Waals surface area contributed by atoms with Crippen LogP contribution in [0.5, 0.6) is 0 Å². The molecule has 0 aromatic rings. The van der Waals surface area contributed by atoms with Crippen molar-refractivity contribution in [1.29, 1.82) is 0 Å². The van der Waals surface area contributed by atoms with E-state index < -0.39 is 12.1 Å². The van der Waals surface area contributed by atoms with Gasteiger partial charge in [0.25, 0.3) is 0 Å². The molecule has 19 heavy (non-hydrogen) atoms. The van der Waals surface area contributed by atoms with Gasteiger partial charge in [0.05, 0.1) is 12.2 Å². The molecule has 0 saturated heterocycles. The van der Waals surface area contributed by atoms with E-state index in [1.54, 1.807) is 0 Å². The lowest BCUT2D eigenvalue weighted by molar-refractivity contribution is -0.249. The molecule has 110 valence electrons. The third-order valence-corrected chi connectivity index (χ3v) is 1.99. The lowest BCUT2D eigenvalue weighted by Crippen LogP contribution is -2.13. The summed E-state index contributed by atoms with van der Waals surface area (Å²) >= 11 is 0. The third kappa shape index (κ3) is 11.1. The average Bonchev–Trinajstić information content (AvgIpc) is 2.38. The van der Waals surface area contributed by atoms with Crippen LogP contribution in [0.4, 0.5) is 4.79 Å². The van der Waals surface area contributed by atoms with E-state index >= 15 is 0 Å². The standard InChI is InChI=1S/C12H20O7/c1-3-4-5-6-18-19-9-10(2)11(13)16-7-8-17-12(14)15/h9H,3-8H2,1-2H3,(H,14,15). The molecule has 0 rings (SSSR count). The summed E-state index contributed by atoms with van der Waals surface area (Å²) in [4.78, 5) is 30.9. The van der Waals surface area contributed by atoms with Crippen molar-refractivity contribution < 1.29 is 33.9 Å². The maximum absolute atomic E-state index is 11.3. The van der Waals surface area contributed by atoms with Crippen LogP contribution >= 0.6 is 0 Å². The van der Waals surface area contributed by atoms with Gasteiger partial charge < -0.3 is 19.5 Å². The first-order chi connectivity index (χ1) is 9.07. The number of esters is 1. The Balaban J connectivity index is 3.64. The third-order valence-electron chi connectivity index (χ3n) is 1.99. The second-order valence-electron chi connectivity index (χ2n) is 3.68. The molecule has 0 saturated carbocycles. The summed E-state index contributed by atoms with van der Waals surface area (Å²) in [5, 5.41) is 8.18. The number of carbonyl (C=O) groups is 2. The van der Waals surface area contributed by atoms with Crippen molar-refractivity contribution in [1.82, 2.24) is 0 Å². The predicted molar refractivity (Wildman–Crippen MR) is 65.3 cm³/mol. The Morgan fingerprint density at radius 3 is 2.42 bits per heavy atom. The van der Waals surface area contributed by atoms with Gasteiger partial charge in [-0.15, -0.1) is 0 Å². The van der Waals surface area contributed by atoms with E-state index in [1.165, 1.54) is 6.92 Å². The summed E-state index contributed by atoms with van der Waals surface area (Å²) in [7, 11) is 0. The molecule has 0 unspecified atom stereocenters. The topological polar surface area (TPSA) is 91.3 Å². The van der Waals surface area contributed by atoms with E-state index in [9.17, 15) is 9.59 Å². The lowest BCUT2D eigenvalue weighted by atomic mass is 10.3. The van der Waals surface area contributed by atoms with Crippen molar-refractivity contribution >= 4 is 12.1 Å². The second-order valence-corrected chi connectivity index (χ2v) is 3.68. The van der Waals surface area contributed by atoms with Gasteiger partial charge in [0.2, 0.25) is 0 Å². The minimum absolute atomic E-state index is 0.145. The first-order valence-corrected chi connectivity index (χ1v) is 6.05. The highest BCUT2D eigenvalue weighted by Gasteiger charge is 2.07. The van der Waals surface area contributed by atoms with E-state index in [-0.39, 0.29) is 18.8 Å². The van der Waals surface area contributed by atoms with E-state index in [4.69, 9.17) is 19.6 Å². The van der Waals surface area contributed by atoms with Gasteiger partial charge in [0.1, 0.15) is 19.5 Å². The molecule has 7 nitrogen and oxygen atoms in total. The van der Waals surface area contributed by atoms with Gasteiger partial charge >= 0.3 is 12.1 Å². The van der Waals surface area contributed by atoms with Crippen LogP contribution in [-0.2, 0) is 24.0 Å². The normalized spacial score (nSPS) is 10.9.